The van der Waals surface area contributed by atoms with Crippen molar-refractivity contribution in [1.82, 2.24) is 0 Å². The van der Waals surface area contributed by atoms with Crippen molar-refractivity contribution >= 4 is 64.6 Å². The zero-order valence-electron chi connectivity index (χ0n) is 12.2. The Morgan fingerprint density at radius 1 is 0.812 bits per heavy atom. The van der Waals surface area contributed by atoms with Gasteiger partial charge >= 0.3 is 117 Å². The van der Waals surface area contributed by atoms with Gasteiger partial charge in [-0.2, -0.15) is 0 Å². The van der Waals surface area contributed by atoms with E-state index < -0.39 is 19.8 Å². The van der Waals surface area contributed by atoms with Crippen molar-refractivity contribution < 1.29 is 0 Å². The van der Waals surface area contributed by atoms with Crippen LogP contribution in [0.5, 0.6) is 0 Å². The van der Waals surface area contributed by atoms with Gasteiger partial charge in [-0.3, -0.25) is 0 Å². The Kier molecular flexibility index (Phi) is 28.9. The minimum atomic E-state index is -0.843. The van der Waals surface area contributed by atoms with E-state index >= 15 is 0 Å². The molecule has 16 heavy (non-hydrogen) atoms. The van der Waals surface area contributed by atoms with Crippen molar-refractivity contribution in [1.29, 1.82) is 0 Å². The molecule has 0 N–H and O–H groups in total. The van der Waals surface area contributed by atoms with Crippen LogP contribution in [-0.2, 0) is 0 Å². The summed E-state index contributed by atoms with van der Waals surface area (Å²) in [5.74, 6) is 0. The van der Waals surface area contributed by atoms with E-state index in [4.69, 9.17) is 0 Å². The summed E-state index contributed by atoms with van der Waals surface area (Å²) < 4.78 is 7.33. The van der Waals surface area contributed by atoms with E-state index in [0.29, 0.717) is 0 Å². The zero-order chi connectivity index (χ0) is 12.1. The molecule has 0 amide bonds. The predicted molar refractivity (Wildman–Crippen MR) is 83.5 cm³/mol. The molecule has 0 fully saturated rings. The molecule has 0 saturated heterocycles. The molecule has 3 heteroatoms. The molecule has 0 bridgehead atoms. The Labute approximate surface area is 139 Å². The largest absolute Gasteiger partial charge is 0 e. The van der Waals surface area contributed by atoms with Gasteiger partial charge in [0.25, 0.3) is 0 Å². The normalized spacial score (nSPS) is 9.75. The SMILES string of the molecule is CC[CH](CC)[Sn]([CH2]C)[CH2]C.C[CH2][Sn][CH2]C.[Te]. The van der Waals surface area contributed by atoms with Crippen LogP contribution in [-0.4, -0.2) is 64.6 Å². The smallest absolute Gasteiger partial charge is 0 e. The first-order valence-corrected chi connectivity index (χ1v) is 16.5. The molecule has 0 aromatic heterocycles. The van der Waals surface area contributed by atoms with E-state index in [-0.39, 0.29) is 44.8 Å². The fourth-order valence-corrected chi connectivity index (χ4v) is 11.4. The van der Waals surface area contributed by atoms with Crippen LogP contribution in [0.1, 0.15) is 54.4 Å². The average Bonchev–Trinajstić information content (AvgIpc) is 2.27. The minimum Gasteiger partial charge on any atom is 0 e. The van der Waals surface area contributed by atoms with Gasteiger partial charge < -0.3 is 0 Å². The van der Waals surface area contributed by atoms with Crippen LogP contribution in [0.25, 0.3) is 0 Å². The summed E-state index contributed by atoms with van der Waals surface area (Å²) in [4.78, 5) is 0. The summed E-state index contributed by atoms with van der Waals surface area (Å²) >= 11 is -0.625. The molecule has 0 saturated carbocycles. The summed E-state index contributed by atoms with van der Waals surface area (Å²) in [6.07, 6.45) is 2.90. The van der Waals surface area contributed by atoms with Gasteiger partial charge in [-0.1, -0.05) is 0 Å². The van der Waals surface area contributed by atoms with E-state index in [1.165, 1.54) is 25.6 Å². The first-order valence-electron chi connectivity index (χ1n) is 6.76. The summed E-state index contributed by atoms with van der Waals surface area (Å²) in [5, 5.41) is 0. The molecular weight excluding hydrogens is 521 g/mol. The molecule has 0 unspecified atom stereocenters. The maximum Gasteiger partial charge on any atom is 0 e. The van der Waals surface area contributed by atoms with E-state index in [1.54, 1.807) is 8.87 Å². The number of hydrogen-bond acceptors (Lipinski definition) is 0. The number of rotatable bonds is 7. The molecule has 0 aromatic rings. The fraction of sp³-hybridized carbons (Fsp3) is 1.00. The second kappa shape index (κ2) is 19.7. The van der Waals surface area contributed by atoms with Crippen LogP contribution in [0, 0.1) is 0 Å². The van der Waals surface area contributed by atoms with Crippen LogP contribution < -0.4 is 0 Å². The topological polar surface area (TPSA) is 0 Å². The number of hydrogen-bond donors (Lipinski definition) is 0. The Morgan fingerprint density at radius 2 is 1.19 bits per heavy atom. The van der Waals surface area contributed by atoms with Gasteiger partial charge in [0.15, 0.2) is 0 Å². The van der Waals surface area contributed by atoms with Crippen molar-refractivity contribution in [2.75, 3.05) is 0 Å². The van der Waals surface area contributed by atoms with Crippen molar-refractivity contribution in [3.05, 3.63) is 0 Å². The van der Waals surface area contributed by atoms with E-state index in [2.05, 4.69) is 41.5 Å². The van der Waals surface area contributed by atoms with Crippen LogP contribution in [0.4, 0.5) is 0 Å². The molecule has 0 aliphatic carbocycles. The van der Waals surface area contributed by atoms with Gasteiger partial charge in [0.05, 0.1) is 0 Å². The van der Waals surface area contributed by atoms with Crippen LogP contribution in [0.3, 0.4) is 0 Å². The molecule has 5 radical (unpaired) electrons. The van der Waals surface area contributed by atoms with Gasteiger partial charge in [0.1, 0.15) is 0 Å². The van der Waals surface area contributed by atoms with Crippen LogP contribution >= 0.6 is 0 Å². The van der Waals surface area contributed by atoms with Gasteiger partial charge in [0, 0.05) is 23.7 Å². The summed E-state index contributed by atoms with van der Waals surface area (Å²) in [7, 11) is 0. The van der Waals surface area contributed by atoms with E-state index in [1.807, 2.05) is 0 Å². The first-order chi connectivity index (χ1) is 7.21. The van der Waals surface area contributed by atoms with E-state index in [0.717, 1.165) is 0 Å². The summed E-state index contributed by atoms with van der Waals surface area (Å²) in [6.45, 7) is 14.1. The van der Waals surface area contributed by atoms with Crippen LogP contribution in [0.2, 0.25) is 21.7 Å². The van der Waals surface area contributed by atoms with Gasteiger partial charge in [-0.05, 0) is 0 Å². The van der Waals surface area contributed by atoms with Crippen molar-refractivity contribution in [3.8, 4) is 0 Å². The van der Waals surface area contributed by atoms with Gasteiger partial charge in [0.2, 0.25) is 0 Å². The maximum atomic E-state index is 2.40. The third-order valence-corrected chi connectivity index (χ3v) is 16.6. The van der Waals surface area contributed by atoms with Crippen LogP contribution in [0.15, 0.2) is 0 Å². The Hall–Kier alpha value is 2.39. The molecule has 0 aliphatic rings. The molecule has 0 nitrogen and oxygen atoms in total. The molecule has 0 heterocycles. The zero-order valence-corrected chi connectivity index (χ0v) is 20.3. The molecule has 0 spiro atoms. The van der Waals surface area contributed by atoms with Crippen molar-refractivity contribution in [3.63, 3.8) is 0 Å². The standard InChI is InChI=1S/C5H11.4C2H5.2Sn.Te/c1-3-5-4-2;4*1-2;;;/h5H,3-4H2,1-2H3;4*1H2,2H3;;;. The second-order valence-electron chi connectivity index (χ2n) is 3.84. The summed E-state index contributed by atoms with van der Waals surface area (Å²) in [5.41, 5.74) is 0. The molecule has 0 atom stereocenters. The maximum absolute atomic E-state index is 2.40. The molecule has 0 aromatic carbocycles. The minimum absolute atomic E-state index is 0. The Morgan fingerprint density at radius 3 is 1.25 bits per heavy atom. The molecule has 0 rings (SSSR count). The fourth-order valence-electron chi connectivity index (χ4n) is 1.94. The molecule has 97 valence electrons. The van der Waals surface area contributed by atoms with E-state index in [9.17, 15) is 0 Å². The predicted octanol–water partition coefficient (Wildman–Crippen LogP) is 4.90. The second-order valence-corrected chi connectivity index (χ2v) is 19.4. The summed E-state index contributed by atoms with van der Waals surface area (Å²) in [6, 6.07) is 0. The Bertz CT molecular complexity index is 90.1. The molecular formula is C13H31Sn2Te. The monoisotopic (exact) mass is 557 g/mol. The third kappa shape index (κ3) is 14.4. The van der Waals surface area contributed by atoms with Crippen molar-refractivity contribution in [2.24, 2.45) is 0 Å². The van der Waals surface area contributed by atoms with Gasteiger partial charge in [-0.25, -0.2) is 0 Å². The quantitative estimate of drug-likeness (QED) is 0.395. The average molecular weight is 552 g/mol. The Balaban J connectivity index is -0.000000242. The van der Waals surface area contributed by atoms with Gasteiger partial charge in [-0.15, -0.1) is 0 Å². The third-order valence-electron chi connectivity index (χ3n) is 2.97. The van der Waals surface area contributed by atoms with Crippen molar-refractivity contribution in [2.45, 2.75) is 76.1 Å². The first kappa shape index (κ1) is 23.5. The molecule has 0 aliphatic heterocycles.